The largest absolute Gasteiger partial charge is 0.490 e. The minimum atomic E-state index is -0.346. The number of nitrogens with zero attached hydrogens (tertiary/aromatic N) is 3. The zero-order valence-corrected chi connectivity index (χ0v) is 22.1. The molecular weight excluding hydrogens is 488 g/mol. The van der Waals surface area contributed by atoms with E-state index in [0.29, 0.717) is 29.6 Å². The molecule has 3 N–H and O–H groups in total. The highest BCUT2D eigenvalue weighted by Gasteiger charge is 2.30. The SMILES string of the molecule is CC.Cc1ccc(NC(=O)Nc2cc(-c3ccccc3-c3nn[nH]n3)cc3c2OCC3c2ccccc2)cc1. The van der Waals surface area contributed by atoms with Crippen LogP contribution in [-0.2, 0) is 0 Å². The fourth-order valence-electron chi connectivity index (χ4n) is 4.66. The van der Waals surface area contributed by atoms with Gasteiger partial charge in [-0.2, -0.15) is 5.21 Å². The third-order valence-electron chi connectivity index (χ3n) is 6.47. The van der Waals surface area contributed by atoms with E-state index >= 15 is 0 Å². The molecule has 5 aromatic rings. The van der Waals surface area contributed by atoms with Gasteiger partial charge in [-0.15, -0.1) is 10.2 Å². The van der Waals surface area contributed by atoms with E-state index in [1.807, 2.05) is 93.6 Å². The van der Waals surface area contributed by atoms with Gasteiger partial charge in [0.2, 0.25) is 5.82 Å². The highest BCUT2D eigenvalue weighted by atomic mass is 16.5. The number of hydrogen-bond donors (Lipinski definition) is 3. The second kappa shape index (κ2) is 11.6. The summed E-state index contributed by atoms with van der Waals surface area (Å²) in [5, 5.41) is 20.5. The molecule has 8 nitrogen and oxygen atoms in total. The number of aromatic amines is 1. The molecule has 1 aliphatic heterocycles. The van der Waals surface area contributed by atoms with Gasteiger partial charge in [-0.25, -0.2) is 4.79 Å². The van der Waals surface area contributed by atoms with E-state index in [4.69, 9.17) is 4.74 Å². The number of aryl methyl sites for hydroxylation is 1. The second-order valence-electron chi connectivity index (χ2n) is 8.94. The van der Waals surface area contributed by atoms with Crippen molar-refractivity contribution < 1.29 is 9.53 Å². The van der Waals surface area contributed by atoms with Crippen LogP contribution in [0.4, 0.5) is 16.2 Å². The van der Waals surface area contributed by atoms with Gasteiger partial charge in [-0.3, -0.25) is 0 Å². The zero-order chi connectivity index (χ0) is 27.2. The normalized spacial score (nSPS) is 13.5. The number of nitrogens with one attached hydrogen (secondary N) is 3. The Balaban J connectivity index is 0.00000151. The van der Waals surface area contributed by atoms with Crippen LogP contribution in [0, 0.1) is 6.92 Å². The molecule has 196 valence electrons. The van der Waals surface area contributed by atoms with Crippen LogP contribution in [0.2, 0.25) is 0 Å². The van der Waals surface area contributed by atoms with E-state index in [1.165, 1.54) is 0 Å². The summed E-state index contributed by atoms with van der Waals surface area (Å²) >= 11 is 0. The minimum Gasteiger partial charge on any atom is -0.490 e. The highest BCUT2D eigenvalue weighted by molar-refractivity contribution is 6.01. The Bertz CT molecular complexity index is 1550. The molecule has 0 fully saturated rings. The van der Waals surface area contributed by atoms with Crippen LogP contribution >= 0.6 is 0 Å². The van der Waals surface area contributed by atoms with Crippen LogP contribution < -0.4 is 15.4 Å². The summed E-state index contributed by atoms with van der Waals surface area (Å²) in [7, 11) is 0. The maximum atomic E-state index is 13.0. The van der Waals surface area contributed by atoms with Gasteiger partial charge >= 0.3 is 6.03 Å². The number of fused-ring (bicyclic) bond motifs is 1. The van der Waals surface area contributed by atoms with Crippen molar-refractivity contribution in [2.45, 2.75) is 26.7 Å². The number of urea groups is 1. The molecule has 2 heterocycles. The van der Waals surface area contributed by atoms with Crippen LogP contribution in [0.3, 0.4) is 0 Å². The number of aromatic nitrogens is 4. The van der Waals surface area contributed by atoms with Gasteiger partial charge in [0.05, 0.1) is 12.3 Å². The molecule has 1 unspecified atom stereocenters. The summed E-state index contributed by atoms with van der Waals surface area (Å²) < 4.78 is 6.17. The van der Waals surface area contributed by atoms with E-state index in [2.05, 4.69) is 49.5 Å². The molecule has 6 rings (SSSR count). The average Bonchev–Trinajstić information content (AvgIpc) is 3.67. The lowest BCUT2D eigenvalue weighted by atomic mass is 9.89. The van der Waals surface area contributed by atoms with Gasteiger partial charge < -0.3 is 15.4 Å². The second-order valence-corrected chi connectivity index (χ2v) is 8.94. The molecular formula is C31H30N6O2. The van der Waals surface area contributed by atoms with E-state index in [-0.39, 0.29) is 11.9 Å². The van der Waals surface area contributed by atoms with Crippen molar-refractivity contribution in [3.63, 3.8) is 0 Å². The monoisotopic (exact) mass is 518 g/mol. The summed E-state index contributed by atoms with van der Waals surface area (Å²) in [4.78, 5) is 13.0. The van der Waals surface area contributed by atoms with Gasteiger partial charge in [0.1, 0.15) is 5.75 Å². The number of carbonyl (C=O) groups excluding carboxylic acids is 1. The molecule has 4 aromatic carbocycles. The van der Waals surface area contributed by atoms with Crippen LogP contribution in [0.25, 0.3) is 22.5 Å². The van der Waals surface area contributed by atoms with Crippen molar-refractivity contribution in [2.75, 3.05) is 17.2 Å². The first-order chi connectivity index (χ1) is 19.2. The molecule has 0 saturated heterocycles. The van der Waals surface area contributed by atoms with E-state index in [9.17, 15) is 4.79 Å². The fourth-order valence-corrected chi connectivity index (χ4v) is 4.66. The number of carbonyl (C=O) groups is 1. The minimum absolute atomic E-state index is 0.0363. The molecule has 0 bridgehead atoms. The van der Waals surface area contributed by atoms with Crippen molar-refractivity contribution in [3.05, 3.63) is 108 Å². The third kappa shape index (κ3) is 5.50. The van der Waals surface area contributed by atoms with Gasteiger partial charge in [0, 0.05) is 22.7 Å². The smallest absolute Gasteiger partial charge is 0.323 e. The van der Waals surface area contributed by atoms with Crippen molar-refractivity contribution in [3.8, 4) is 28.3 Å². The molecule has 2 amide bonds. The first kappa shape index (κ1) is 25.7. The predicted octanol–water partition coefficient (Wildman–Crippen LogP) is 7.04. The topological polar surface area (TPSA) is 105 Å². The molecule has 0 radical (unpaired) electrons. The number of anilines is 2. The lowest BCUT2D eigenvalue weighted by molar-refractivity contribution is 0.262. The number of benzene rings is 4. The Labute approximate surface area is 227 Å². The van der Waals surface area contributed by atoms with Gasteiger partial charge in [-0.05, 0) is 53.1 Å². The molecule has 1 aliphatic rings. The van der Waals surface area contributed by atoms with E-state index in [1.54, 1.807) is 0 Å². The standard InChI is InChI=1S/C29H24N6O2.C2H6/c1-18-11-13-21(14-12-18)30-29(36)31-26-16-20(22-9-5-6-10-23(22)28-32-34-35-33-28)15-24-25(17-37-27(24)26)19-7-3-2-4-8-19;1-2/h2-16,25H,17H2,1H3,(H2,30,31,36)(H,32,33,34,35);1-2H3. The number of ether oxygens (including phenoxy) is 1. The Morgan fingerprint density at radius 2 is 1.62 bits per heavy atom. The number of hydrogen-bond acceptors (Lipinski definition) is 5. The quantitative estimate of drug-likeness (QED) is 0.231. The molecule has 0 saturated carbocycles. The summed E-state index contributed by atoms with van der Waals surface area (Å²) in [5.74, 6) is 1.21. The fraction of sp³-hybridized carbons (Fsp3) is 0.161. The number of tetrazole rings is 1. The first-order valence-corrected chi connectivity index (χ1v) is 13.0. The Kier molecular flexibility index (Phi) is 7.63. The zero-order valence-electron chi connectivity index (χ0n) is 22.1. The Morgan fingerprint density at radius 1 is 0.897 bits per heavy atom. The highest BCUT2D eigenvalue weighted by Crippen LogP contribution is 2.46. The summed E-state index contributed by atoms with van der Waals surface area (Å²) in [5.41, 5.74) is 7.26. The molecule has 8 heteroatoms. The van der Waals surface area contributed by atoms with Crippen molar-refractivity contribution >= 4 is 17.4 Å². The van der Waals surface area contributed by atoms with E-state index < -0.39 is 0 Å². The Morgan fingerprint density at radius 3 is 2.33 bits per heavy atom. The molecule has 1 aromatic heterocycles. The van der Waals surface area contributed by atoms with E-state index in [0.717, 1.165) is 33.4 Å². The van der Waals surface area contributed by atoms with Crippen LogP contribution in [0.1, 0.15) is 36.5 Å². The van der Waals surface area contributed by atoms with Crippen molar-refractivity contribution in [1.29, 1.82) is 0 Å². The van der Waals surface area contributed by atoms with Crippen molar-refractivity contribution in [2.24, 2.45) is 0 Å². The van der Waals surface area contributed by atoms with Gasteiger partial charge in [0.15, 0.2) is 0 Å². The lowest BCUT2D eigenvalue weighted by Gasteiger charge is -2.16. The molecule has 39 heavy (non-hydrogen) atoms. The van der Waals surface area contributed by atoms with Gasteiger partial charge in [0.25, 0.3) is 0 Å². The first-order valence-electron chi connectivity index (χ1n) is 13.0. The number of amides is 2. The summed E-state index contributed by atoms with van der Waals surface area (Å²) in [6.07, 6.45) is 0. The summed E-state index contributed by atoms with van der Waals surface area (Å²) in [6, 6.07) is 29.5. The lowest BCUT2D eigenvalue weighted by Crippen LogP contribution is -2.19. The molecule has 0 spiro atoms. The van der Waals surface area contributed by atoms with Gasteiger partial charge in [-0.1, -0.05) is 86.1 Å². The molecule has 0 aliphatic carbocycles. The number of H-pyrrole nitrogens is 1. The van der Waals surface area contributed by atoms with Crippen LogP contribution in [0.15, 0.2) is 91.0 Å². The maximum Gasteiger partial charge on any atom is 0.323 e. The third-order valence-corrected chi connectivity index (χ3v) is 6.47. The number of rotatable bonds is 5. The van der Waals surface area contributed by atoms with Crippen LogP contribution in [0.5, 0.6) is 5.75 Å². The average molecular weight is 519 g/mol. The Hall–Kier alpha value is -4.98. The van der Waals surface area contributed by atoms with Crippen LogP contribution in [-0.4, -0.2) is 33.3 Å². The molecule has 1 atom stereocenters. The van der Waals surface area contributed by atoms with Crippen molar-refractivity contribution in [1.82, 2.24) is 20.6 Å². The maximum absolute atomic E-state index is 13.0. The predicted molar refractivity (Wildman–Crippen MR) is 154 cm³/mol. The summed E-state index contributed by atoms with van der Waals surface area (Å²) in [6.45, 7) is 6.50.